The molecule has 0 aromatic heterocycles. The summed E-state index contributed by atoms with van der Waals surface area (Å²) < 4.78 is 27.4. The normalized spacial score (nSPS) is 25.7. The van der Waals surface area contributed by atoms with Crippen LogP contribution in [0.2, 0.25) is 0 Å². The number of hydrogen-bond donors (Lipinski definition) is 1. The molecule has 3 rings (SSSR count). The highest BCUT2D eigenvalue weighted by Crippen LogP contribution is 2.31. The second kappa shape index (κ2) is 6.71. The van der Waals surface area contributed by atoms with E-state index in [1.165, 1.54) is 0 Å². The summed E-state index contributed by atoms with van der Waals surface area (Å²) in [6.07, 6.45) is 0.969. The van der Waals surface area contributed by atoms with Gasteiger partial charge in [0.25, 0.3) is 0 Å². The van der Waals surface area contributed by atoms with E-state index in [0.29, 0.717) is 29.8 Å². The topological polar surface area (TPSA) is 49.4 Å². The molecule has 0 radical (unpaired) electrons. The molecule has 1 aromatic rings. The first-order chi connectivity index (χ1) is 10.3. The van der Waals surface area contributed by atoms with Crippen molar-refractivity contribution in [2.75, 3.05) is 26.2 Å². The molecule has 1 N–H and O–H groups in total. The van der Waals surface area contributed by atoms with Gasteiger partial charge in [-0.1, -0.05) is 32.9 Å². The van der Waals surface area contributed by atoms with E-state index >= 15 is 0 Å². The van der Waals surface area contributed by atoms with Crippen molar-refractivity contribution in [2.24, 2.45) is 11.8 Å². The van der Waals surface area contributed by atoms with Gasteiger partial charge in [0.2, 0.25) is 10.0 Å². The lowest BCUT2D eigenvalue weighted by Crippen LogP contribution is -2.43. The fourth-order valence-corrected chi connectivity index (χ4v) is 5.01. The molecule has 6 heteroatoms. The third-order valence-electron chi connectivity index (χ3n) is 5.03. The van der Waals surface area contributed by atoms with Gasteiger partial charge in [0.05, 0.1) is 4.90 Å². The average Bonchev–Trinajstić information content (AvgIpc) is 2.94. The number of benzene rings is 1. The van der Waals surface area contributed by atoms with Crippen LogP contribution in [0.5, 0.6) is 0 Å². The monoisotopic (exact) mass is 358 g/mol. The molecule has 1 aromatic carbocycles. The minimum atomic E-state index is -3.36. The molecule has 2 heterocycles. The number of fused-ring (bicyclic) bond motifs is 1. The van der Waals surface area contributed by atoms with Crippen molar-refractivity contribution >= 4 is 22.4 Å². The number of rotatable bonds is 2. The van der Waals surface area contributed by atoms with Crippen molar-refractivity contribution in [3.8, 4) is 0 Å². The summed E-state index contributed by atoms with van der Waals surface area (Å²) in [6, 6.07) is 7.40. The third kappa shape index (κ3) is 3.73. The zero-order valence-corrected chi connectivity index (χ0v) is 15.7. The summed E-state index contributed by atoms with van der Waals surface area (Å²) in [4.78, 5) is 0.421. The van der Waals surface area contributed by atoms with Crippen LogP contribution in [-0.4, -0.2) is 38.9 Å². The number of nitrogens with one attached hydrogen (secondary N) is 1. The number of halogens is 1. The summed E-state index contributed by atoms with van der Waals surface area (Å²) in [7, 11) is -3.36. The Balaban J connectivity index is 0.00000192. The van der Waals surface area contributed by atoms with E-state index in [4.69, 9.17) is 0 Å². The standard InChI is InChI=1S/C17H26N2O2S.ClH/c1-17(2,3)15-4-6-16(7-5-15)22(20,21)19-9-8-13-10-18-11-14(13)12-19;/h4-7,13-14,18H,8-12H2,1-3H3;1H. The van der Waals surface area contributed by atoms with Crippen LogP contribution in [0, 0.1) is 11.8 Å². The van der Waals surface area contributed by atoms with E-state index in [2.05, 4.69) is 26.1 Å². The highest BCUT2D eigenvalue weighted by atomic mass is 35.5. The Morgan fingerprint density at radius 2 is 1.70 bits per heavy atom. The van der Waals surface area contributed by atoms with Gasteiger partial charge in [-0.25, -0.2) is 8.42 Å². The summed E-state index contributed by atoms with van der Waals surface area (Å²) in [6.45, 7) is 9.68. The SMILES string of the molecule is CC(C)(C)c1ccc(S(=O)(=O)N2CCC3CNCC3C2)cc1.Cl. The van der Waals surface area contributed by atoms with Crippen LogP contribution in [0.1, 0.15) is 32.8 Å². The summed E-state index contributed by atoms with van der Waals surface area (Å²) in [5.74, 6) is 1.12. The lowest BCUT2D eigenvalue weighted by atomic mass is 9.87. The molecule has 2 unspecified atom stereocenters. The van der Waals surface area contributed by atoms with Gasteiger partial charge in [0, 0.05) is 13.1 Å². The first-order valence-electron chi connectivity index (χ1n) is 8.10. The molecule has 0 spiro atoms. The number of nitrogens with zero attached hydrogens (tertiary/aromatic N) is 1. The summed E-state index contributed by atoms with van der Waals surface area (Å²) >= 11 is 0. The highest BCUT2D eigenvalue weighted by Gasteiger charge is 2.37. The lowest BCUT2D eigenvalue weighted by molar-refractivity contribution is 0.228. The summed E-state index contributed by atoms with van der Waals surface area (Å²) in [5, 5.41) is 3.38. The average molecular weight is 359 g/mol. The van der Waals surface area contributed by atoms with Crippen LogP contribution in [-0.2, 0) is 15.4 Å². The fourth-order valence-electron chi connectivity index (χ4n) is 3.50. The van der Waals surface area contributed by atoms with E-state index in [-0.39, 0.29) is 17.8 Å². The van der Waals surface area contributed by atoms with Gasteiger partial charge in [-0.3, -0.25) is 0 Å². The molecule has 4 nitrogen and oxygen atoms in total. The van der Waals surface area contributed by atoms with Gasteiger partial charge in [0.15, 0.2) is 0 Å². The summed E-state index contributed by atoms with van der Waals surface area (Å²) in [5.41, 5.74) is 1.20. The van der Waals surface area contributed by atoms with E-state index in [0.717, 1.165) is 25.1 Å². The molecular weight excluding hydrogens is 332 g/mol. The van der Waals surface area contributed by atoms with Gasteiger partial charge in [-0.15, -0.1) is 12.4 Å². The Labute approximate surface area is 146 Å². The molecule has 2 saturated heterocycles. The molecule has 2 fully saturated rings. The number of sulfonamides is 1. The minimum absolute atomic E-state index is 0. The number of piperidine rings is 1. The van der Waals surface area contributed by atoms with E-state index < -0.39 is 10.0 Å². The molecule has 2 aliphatic rings. The first-order valence-corrected chi connectivity index (χ1v) is 9.54. The Bertz CT molecular complexity index is 638. The maximum Gasteiger partial charge on any atom is 0.243 e. The van der Waals surface area contributed by atoms with Gasteiger partial charge in [-0.2, -0.15) is 4.31 Å². The van der Waals surface area contributed by atoms with Crippen LogP contribution in [0.3, 0.4) is 0 Å². The zero-order chi connectivity index (χ0) is 16.0. The van der Waals surface area contributed by atoms with Crippen LogP contribution in [0.4, 0.5) is 0 Å². The highest BCUT2D eigenvalue weighted by molar-refractivity contribution is 7.89. The van der Waals surface area contributed by atoms with Crippen molar-refractivity contribution in [1.82, 2.24) is 9.62 Å². The number of hydrogen-bond acceptors (Lipinski definition) is 3. The van der Waals surface area contributed by atoms with E-state index in [9.17, 15) is 8.42 Å². The van der Waals surface area contributed by atoms with Crippen LogP contribution < -0.4 is 5.32 Å². The van der Waals surface area contributed by atoms with Crippen molar-refractivity contribution in [3.05, 3.63) is 29.8 Å². The van der Waals surface area contributed by atoms with Crippen molar-refractivity contribution in [2.45, 2.75) is 37.5 Å². The van der Waals surface area contributed by atoms with Crippen molar-refractivity contribution in [3.63, 3.8) is 0 Å². The molecule has 2 atom stereocenters. The predicted molar refractivity (Wildman–Crippen MR) is 95.6 cm³/mol. The van der Waals surface area contributed by atoms with E-state index in [1.807, 2.05) is 12.1 Å². The molecule has 0 aliphatic carbocycles. The van der Waals surface area contributed by atoms with Gasteiger partial charge < -0.3 is 5.32 Å². The smallest absolute Gasteiger partial charge is 0.243 e. The quantitative estimate of drug-likeness (QED) is 0.884. The van der Waals surface area contributed by atoms with Crippen LogP contribution >= 0.6 is 12.4 Å². The lowest BCUT2D eigenvalue weighted by Gasteiger charge is -2.33. The van der Waals surface area contributed by atoms with Gasteiger partial charge >= 0.3 is 0 Å². The molecule has 2 aliphatic heterocycles. The van der Waals surface area contributed by atoms with Crippen molar-refractivity contribution in [1.29, 1.82) is 0 Å². The largest absolute Gasteiger partial charge is 0.316 e. The molecule has 0 saturated carbocycles. The van der Waals surface area contributed by atoms with Crippen LogP contribution in [0.15, 0.2) is 29.2 Å². The van der Waals surface area contributed by atoms with Gasteiger partial charge in [0.1, 0.15) is 0 Å². The second-order valence-electron chi connectivity index (χ2n) is 7.60. The molecule has 0 bridgehead atoms. The third-order valence-corrected chi connectivity index (χ3v) is 6.90. The fraction of sp³-hybridized carbons (Fsp3) is 0.647. The van der Waals surface area contributed by atoms with E-state index in [1.54, 1.807) is 16.4 Å². The Kier molecular flexibility index (Phi) is 5.46. The predicted octanol–water partition coefficient (Wildman–Crippen LogP) is 2.64. The Hall–Kier alpha value is -0.620. The Morgan fingerprint density at radius 3 is 2.30 bits per heavy atom. The molecule has 23 heavy (non-hydrogen) atoms. The van der Waals surface area contributed by atoms with Crippen LogP contribution in [0.25, 0.3) is 0 Å². The minimum Gasteiger partial charge on any atom is -0.316 e. The maximum atomic E-state index is 12.8. The molecule has 130 valence electrons. The maximum absolute atomic E-state index is 12.8. The molecular formula is C17H27ClN2O2S. The zero-order valence-electron chi connectivity index (χ0n) is 14.1. The first kappa shape index (κ1) is 18.7. The molecule has 0 amide bonds. The van der Waals surface area contributed by atoms with Crippen molar-refractivity contribution < 1.29 is 8.42 Å². The second-order valence-corrected chi connectivity index (χ2v) is 9.54. The van der Waals surface area contributed by atoms with Gasteiger partial charge in [-0.05, 0) is 54.5 Å². The Morgan fingerprint density at radius 1 is 1.09 bits per heavy atom.